The molecule has 0 aliphatic heterocycles. The van der Waals surface area contributed by atoms with E-state index in [9.17, 15) is 13.2 Å². The second-order valence-corrected chi connectivity index (χ2v) is 5.12. The van der Waals surface area contributed by atoms with Gasteiger partial charge in [0, 0.05) is 12.2 Å². The Hall–Kier alpha value is -2.08. The highest BCUT2D eigenvalue weighted by Gasteiger charge is 2.32. The highest BCUT2D eigenvalue weighted by molar-refractivity contribution is 5.46. The number of fused-ring (bicyclic) bond motifs is 1. The lowest BCUT2D eigenvalue weighted by molar-refractivity contribution is -0.137. The van der Waals surface area contributed by atoms with Crippen LogP contribution in [0.4, 0.5) is 19.0 Å². The SMILES string of the molecule is NC1Cc2ccccc2C1Nc1cc(C(F)(F)F)ccn1. The van der Waals surface area contributed by atoms with Crippen molar-refractivity contribution >= 4 is 5.82 Å². The molecule has 0 fully saturated rings. The Kier molecular flexibility index (Phi) is 3.33. The van der Waals surface area contributed by atoms with Crippen LogP contribution in [0.1, 0.15) is 22.7 Å². The minimum Gasteiger partial charge on any atom is -0.362 e. The Morgan fingerprint density at radius 2 is 1.95 bits per heavy atom. The van der Waals surface area contributed by atoms with Crippen LogP contribution >= 0.6 is 0 Å². The lowest BCUT2D eigenvalue weighted by Gasteiger charge is -2.20. The van der Waals surface area contributed by atoms with Crippen molar-refractivity contribution in [1.82, 2.24) is 4.98 Å². The standard InChI is InChI=1S/C15H14F3N3/c16-15(17,18)10-5-6-20-13(8-10)21-14-11-4-2-1-3-9(11)7-12(14)19/h1-6,8,12,14H,7,19H2,(H,20,21). The fourth-order valence-corrected chi connectivity index (χ4v) is 2.66. The summed E-state index contributed by atoms with van der Waals surface area (Å²) < 4.78 is 38.2. The molecule has 1 aliphatic carbocycles. The first-order valence-corrected chi connectivity index (χ1v) is 6.58. The third-order valence-electron chi connectivity index (χ3n) is 3.66. The normalized spacial score (nSPS) is 21.1. The number of aromatic nitrogens is 1. The van der Waals surface area contributed by atoms with E-state index in [0.717, 1.165) is 29.5 Å². The van der Waals surface area contributed by atoms with Crippen molar-refractivity contribution in [1.29, 1.82) is 0 Å². The first-order chi connectivity index (χ1) is 9.95. The number of anilines is 1. The molecule has 0 bridgehead atoms. The van der Waals surface area contributed by atoms with Gasteiger partial charge in [0.25, 0.3) is 0 Å². The topological polar surface area (TPSA) is 50.9 Å². The highest BCUT2D eigenvalue weighted by atomic mass is 19.4. The van der Waals surface area contributed by atoms with Gasteiger partial charge in [0.15, 0.2) is 0 Å². The van der Waals surface area contributed by atoms with Crippen LogP contribution in [0.25, 0.3) is 0 Å². The van der Waals surface area contributed by atoms with Crippen molar-refractivity contribution in [3.63, 3.8) is 0 Å². The molecule has 0 saturated heterocycles. The molecule has 6 heteroatoms. The number of hydrogen-bond donors (Lipinski definition) is 2. The molecule has 0 spiro atoms. The molecule has 3 N–H and O–H groups in total. The van der Waals surface area contributed by atoms with E-state index >= 15 is 0 Å². The van der Waals surface area contributed by atoms with Crippen LogP contribution in [0.3, 0.4) is 0 Å². The Morgan fingerprint density at radius 1 is 1.19 bits per heavy atom. The maximum absolute atomic E-state index is 12.7. The summed E-state index contributed by atoms with van der Waals surface area (Å²) in [6.07, 6.45) is -2.53. The van der Waals surface area contributed by atoms with Crippen molar-refractivity contribution in [3.8, 4) is 0 Å². The number of rotatable bonds is 2. The number of alkyl halides is 3. The number of halogens is 3. The Morgan fingerprint density at radius 3 is 2.71 bits per heavy atom. The van der Waals surface area contributed by atoms with Gasteiger partial charge in [0.1, 0.15) is 5.82 Å². The zero-order valence-corrected chi connectivity index (χ0v) is 11.1. The molecule has 1 aliphatic rings. The number of benzene rings is 1. The second-order valence-electron chi connectivity index (χ2n) is 5.12. The quantitative estimate of drug-likeness (QED) is 0.894. The van der Waals surface area contributed by atoms with Crippen LogP contribution in [0.15, 0.2) is 42.6 Å². The maximum atomic E-state index is 12.7. The fraction of sp³-hybridized carbons (Fsp3) is 0.267. The number of pyridine rings is 1. The molecule has 110 valence electrons. The molecule has 21 heavy (non-hydrogen) atoms. The van der Waals surface area contributed by atoms with Crippen molar-refractivity contribution in [2.24, 2.45) is 5.73 Å². The summed E-state index contributed by atoms with van der Waals surface area (Å²) in [4.78, 5) is 3.96. The Labute approximate surface area is 120 Å². The molecule has 2 aromatic rings. The molecule has 3 rings (SSSR count). The monoisotopic (exact) mass is 293 g/mol. The van der Waals surface area contributed by atoms with E-state index in [1.54, 1.807) is 0 Å². The molecular weight excluding hydrogens is 279 g/mol. The molecule has 1 heterocycles. The van der Waals surface area contributed by atoms with Gasteiger partial charge in [0.05, 0.1) is 11.6 Å². The summed E-state index contributed by atoms with van der Waals surface area (Å²) in [6, 6.07) is 9.29. The fourth-order valence-electron chi connectivity index (χ4n) is 2.66. The lowest BCUT2D eigenvalue weighted by atomic mass is 10.1. The van der Waals surface area contributed by atoms with E-state index in [-0.39, 0.29) is 17.9 Å². The third-order valence-corrected chi connectivity index (χ3v) is 3.66. The number of nitrogens with one attached hydrogen (secondary N) is 1. The van der Waals surface area contributed by atoms with Gasteiger partial charge in [-0.15, -0.1) is 0 Å². The number of nitrogens with two attached hydrogens (primary N) is 1. The predicted molar refractivity (Wildman–Crippen MR) is 73.7 cm³/mol. The summed E-state index contributed by atoms with van der Waals surface area (Å²) >= 11 is 0. The largest absolute Gasteiger partial charge is 0.416 e. The van der Waals surface area contributed by atoms with Gasteiger partial charge in [-0.3, -0.25) is 0 Å². The molecule has 0 radical (unpaired) electrons. The van der Waals surface area contributed by atoms with Crippen LogP contribution in [0.2, 0.25) is 0 Å². The van der Waals surface area contributed by atoms with E-state index < -0.39 is 11.7 Å². The first kappa shape index (κ1) is 13.9. The van der Waals surface area contributed by atoms with E-state index in [1.165, 1.54) is 0 Å². The average Bonchev–Trinajstić information content (AvgIpc) is 2.75. The molecule has 2 unspecified atom stereocenters. The Bertz CT molecular complexity index is 655. The van der Waals surface area contributed by atoms with Crippen molar-refractivity contribution in [3.05, 3.63) is 59.3 Å². The summed E-state index contributed by atoms with van der Waals surface area (Å²) in [5.74, 6) is 0.182. The summed E-state index contributed by atoms with van der Waals surface area (Å²) in [6.45, 7) is 0. The Balaban J connectivity index is 1.88. The molecule has 0 saturated carbocycles. The van der Waals surface area contributed by atoms with Crippen LogP contribution in [-0.2, 0) is 12.6 Å². The van der Waals surface area contributed by atoms with Gasteiger partial charge in [-0.1, -0.05) is 24.3 Å². The molecular formula is C15H14F3N3. The predicted octanol–water partition coefficient (Wildman–Crippen LogP) is 3.14. The first-order valence-electron chi connectivity index (χ1n) is 6.58. The molecule has 1 aromatic carbocycles. The van der Waals surface area contributed by atoms with Gasteiger partial charge in [-0.05, 0) is 29.7 Å². The maximum Gasteiger partial charge on any atom is 0.416 e. The van der Waals surface area contributed by atoms with E-state index in [4.69, 9.17) is 5.73 Å². The minimum absolute atomic E-state index is 0.182. The van der Waals surface area contributed by atoms with Crippen molar-refractivity contribution < 1.29 is 13.2 Å². The molecule has 0 amide bonds. The summed E-state index contributed by atoms with van der Waals surface area (Å²) in [7, 11) is 0. The van der Waals surface area contributed by atoms with Gasteiger partial charge >= 0.3 is 6.18 Å². The van der Waals surface area contributed by atoms with Crippen LogP contribution in [0.5, 0.6) is 0 Å². The second kappa shape index (κ2) is 5.04. The third kappa shape index (κ3) is 2.71. The minimum atomic E-state index is -4.38. The van der Waals surface area contributed by atoms with Gasteiger partial charge in [-0.2, -0.15) is 13.2 Å². The van der Waals surface area contributed by atoms with Gasteiger partial charge < -0.3 is 11.1 Å². The zero-order chi connectivity index (χ0) is 15.0. The molecule has 3 nitrogen and oxygen atoms in total. The van der Waals surface area contributed by atoms with Crippen LogP contribution < -0.4 is 11.1 Å². The van der Waals surface area contributed by atoms with Crippen molar-refractivity contribution in [2.75, 3.05) is 5.32 Å². The van der Waals surface area contributed by atoms with E-state index in [0.29, 0.717) is 6.42 Å². The van der Waals surface area contributed by atoms with Crippen LogP contribution in [0, 0.1) is 0 Å². The smallest absolute Gasteiger partial charge is 0.362 e. The van der Waals surface area contributed by atoms with E-state index in [1.807, 2.05) is 24.3 Å². The summed E-state index contributed by atoms with van der Waals surface area (Å²) in [5, 5.41) is 3.02. The number of hydrogen-bond acceptors (Lipinski definition) is 3. The molecule has 2 atom stereocenters. The van der Waals surface area contributed by atoms with E-state index in [2.05, 4.69) is 10.3 Å². The number of nitrogens with zero attached hydrogens (tertiary/aromatic N) is 1. The summed E-state index contributed by atoms with van der Waals surface area (Å²) in [5.41, 5.74) is 7.50. The average molecular weight is 293 g/mol. The van der Waals surface area contributed by atoms with Crippen molar-refractivity contribution in [2.45, 2.75) is 24.7 Å². The van der Waals surface area contributed by atoms with Crippen LogP contribution in [-0.4, -0.2) is 11.0 Å². The molecule has 1 aromatic heterocycles. The zero-order valence-electron chi connectivity index (χ0n) is 11.1. The van der Waals surface area contributed by atoms with Gasteiger partial charge in [-0.25, -0.2) is 4.98 Å². The lowest BCUT2D eigenvalue weighted by Crippen LogP contribution is -2.30. The highest BCUT2D eigenvalue weighted by Crippen LogP contribution is 2.34. The van der Waals surface area contributed by atoms with Gasteiger partial charge in [0.2, 0.25) is 0 Å².